The van der Waals surface area contributed by atoms with E-state index in [-0.39, 0.29) is 0 Å². The Balaban J connectivity index is 1.28. The summed E-state index contributed by atoms with van der Waals surface area (Å²) in [6.45, 7) is 4.38. The van der Waals surface area contributed by atoms with Crippen molar-refractivity contribution < 1.29 is 0 Å². The number of hydrogen-bond donors (Lipinski definition) is 0. The van der Waals surface area contributed by atoms with Gasteiger partial charge in [0.05, 0.1) is 45.1 Å². The number of nitrogens with zero attached hydrogens (tertiary/aromatic N) is 3. The Morgan fingerprint density at radius 3 is 1.61 bits per heavy atom. The van der Waals surface area contributed by atoms with E-state index in [1.54, 1.807) is 0 Å². The van der Waals surface area contributed by atoms with Gasteiger partial charge >= 0.3 is 0 Å². The van der Waals surface area contributed by atoms with Gasteiger partial charge < -0.3 is 9.13 Å². The normalized spacial score (nSPS) is 11.5. The van der Waals surface area contributed by atoms with E-state index in [4.69, 9.17) is 0 Å². The molecule has 0 fully saturated rings. The molecule has 0 radical (unpaired) electrons. The van der Waals surface area contributed by atoms with Crippen LogP contribution in [0.25, 0.3) is 88.4 Å². The first-order valence-electron chi connectivity index (χ1n) is 18.4. The summed E-state index contributed by atoms with van der Waals surface area (Å²) < 4.78 is 4.87. The Kier molecular flexibility index (Phi) is 7.32. The predicted octanol–water partition coefficient (Wildman–Crippen LogP) is 13.4. The molecule has 0 spiro atoms. The lowest BCUT2D eigenvalue weighted by Crippen LogP contribution is -2.05. The van der Waals surface area contributed by atoms with Gasteiger partial charge in [-0.05, 0) is 102 Å². The largest absolute Gasteiger partial charge is 0.309 e. The van der Waals surface area contributed by atoms with Crippen LogP contribution in [0, 0.1) is 25.2 Å². The third-order valence-corrected chi connectivity index (χ3v) is 11.0. The first-order valence-corrected chi connectivity index (χ1v) is 18.4. The Bertz CT molecular complexity index is 3120. The van der Waals surface area contributed by atoms with Gasteiger partial charge in [0, 0.05) is 27.1 Å². The van der Waals surface area contributed by atoms with E-state index < -0.39 is 0 Å². The highest BCUT2D eigenvalue weighted by Gasteiger charge is 2.22. The summed E-state index contributed by atoms with van der Waals surface area (Å²) in [6, 6.07) is 65.4. The van der Waals surface area contributed by atoms with Gasteiger partial charge in [-0.2, -0.15) is 5.26 Å². The zero-order chi connectivity index (χ0) is 36.3. The van der Waals surface area contributed by atoms with Crippen molar-refractivity contribution >= 4 is 43.6 Å². The quantitative estimate of drug-likeness (QED) is 0.177. The summed E-state index contributed by atoms with van der Waals surface area (Å²) in [6.07, 6.45) is 0. The van der Waals surface area contributed by atoms with Crippen molar-refractivity contribution in [1.29, 1.82) is 5.26 Å². The predicted molar refractivity (Wildman–Crippen MR) is 226 cm³/mol. The van der Waals surface area contributed by atoms with Gasteiger partial charge in [0.1, 0.15) is 0 Å². The van der Waals surface area contributed by atoms with E-state index >= 15 is 0 Å². The summed E-state index contributed by atoms with van der Waals surface area (Å²) in [4.78, 5) is 0. The highest BCUT2D eigenvalue weighted by Crippen LogP contribution is 2.43. The van der Waals surface area contributed by atoms with Crippen molar-refractivity contribution in [2.45, 2.75) is 13.8 Å². The minimum absolute atomic E-state index is 0.640. The van der Waals surface area contributed by atoms with Crippen LogP contribution < -0.4 is 0 Å². The van der Waals surface area contributed by atoms with Gasteiger partial charge in [-0.3, -0.25) is 0 Å². The minimum Gasteiger partial charge on any atom is -0.309 e. The Morgan fingerprint density at radius 1 is 0.407 bits per heavy atom. The molecule has 54 heavy (non-hydrogen) atoms. The van der Waals surface area contributed by atoms with Crippen LogP contribution >= 0.6 is 0 Å². The molecule has 2 aromatic heterocycles. The fourth-order valence-electron chi connectivity index (χ4n) is 8.39. The van der Waals surface area contributed by atoms with Crippen molar-refractivity contribution in [2.75, 3.05) is 0 Å². The summed E-state index contributed by atoms with van der Waals surface area (Å²) in [5.74, 6) is 0. The first kappa shape index (κ1) is 31.6. The number of aromatic nitrogens is 2. The molecule has 10 rings (SSSR count). The van der Waals surface area contributed by atoms with Crippen LogP contribution in [0.15, 0.2) is 176 Å². The standard InChI is InChI=1S/C51H35N3/c1-33-19-21-37(22-20-33)39-23-26-49-44(31-39)42-15-6-8-17-47(42)53(49)46-28-25-41(40-14-10-11-35(29-40)32-52)51(34(46)2)54-48-18-9-7-16-43(48)45-30-38(24-27-50(45)54)36-12-4-3-5-13-36/h3-31H,1-2H3. The van der Waals surface area contributed by atoms with Crippen molar-refractivity contribution in [1.82, 2.24) is 9.13 Å². The molecule has 3 nitrogen and oxygen atoms in total. The maximum Gasteiger partial charge on any atom is 0.0991 e. The lowest BCUT2D eigenvalue weighted by Gasteiger charge is -2.21. The fraction of sp³-hybridized carbons (Fsp3) is 0.0392. The zero-order valence-corrected chi connectivity index (χ0v) is 30.1. The molecule has 2 heterocycles. The van der Waals surface area contributed by atoms with E-state index in [0.717, 1.165) is 50.1 Å². The van der Waals surface area contributed by atoms with E-state index in [9.17, 15) is 5.26 Å². The van der Waals surface area contributed by atoms with Crippen molar-refractivity contribution in [3.05, 3.63) is 193 Å². The molecular weight excluding hydrogens is 655 g/mol. The van der Waals surface area contributed by atoms with E-state index in [1.165, 1.54) is 49.4 Å². The van der Waals surface area contributed by atoms with Crippen molar-refractivity contribution in [3.63, 3.8) is 0 Å². The molecule has 0 N–H and O–H groups in total. The van der Waals surface area contributed by atoms with Crippen LogP contribution in [0.4, 0.5) is 0 Å². The second kappa shape index (κ2) is 12.5. The average molecular weight is 690 g/mol. The molecule has 0 bridgehead atoms. The number of hydrogen-bond acceptors (Lipinski definition) is 1. The highest BCUT2D eigenvalue weighted by molar-refractivity contribution is 6.12. The fourth-order valence-corrected chi connectivity index (χ4v) is 8.39. The number of rotatable bonds is 5. The van der Waals surface area contributed by atoms with E-state index in [1.807, 2.05) is 18.2 Å². The number of nitriles is 1. The molecule has 0 aliphatic rings. The number of para-hydroxylation sites is 2. The van der Waals surface area contributed by atoms with Crippen molar-refractivity contribution in [2.24, 2.45) is 0 Å². The molecule has 0 atom stereocenters. The molecule has 0 unspecified atom stereocenters. The van der Waals surface area contributed by atoms with Crippen LogP contribution in [0.3, 0.4) is 0 Å². The Morgan fingerprint density at radius 2 is 0.944 bits per heavy atom. The maximum absolute atomic E-state index is 9.94. The smallest absolute Gasteiger partial charge is 0.0991 e. The third-order valence-electron chi connectivity index (χ3n) is 11.0. The average Bonchev–Trinajstić information content (AvgIpc) is 3.73. The number of fused-ring (bicyclic) bond motifs is 6. The van der Waals surface area contributed by atoms with E-state index in [2.05, 4.69) is 187 Å². The van der Waals surface area contributed by atoms with Gasteiger partial charge in [0.15, 0.2) is 0 Å². The summed E-state index contributed by atoms with van der Waals surface area (Å²) in [7, 11) is 0. The highest BCUT2D eigenvalue weighted by atomic mass is 15.0. The second-order valence-corrected chi connectivity index (χ2v) is 14.2. The maximum atomic E-state index is 9.94. The molecule has 10 aromatic rings. The lowest BCUT2D eigenvalue weighted by molar-refractivity contribution is 1.10. The molecule has 254 valence electrons. The molecule has 8 aromatic carbocycles. The van der Waals surface area contributed by atoms with Crippen LogP contribution in [0.2, 0.25) is 0 Å². The molecule has 0 aliphatic carbocycles. The van der Waals surface area contributed by atoms with Crippen LogP contribution in [0.5, 0.6) is 0 Å². The Hall–Kier alpha value is -7.15. The summed E-state index contributed by atoms with van der Waals surface area (Å²) in [5.41, 5.74) is 16.7. The first-order chi connectivity index (χ1) is 26.6. The molecule has 3 heteroatoms. The van der Waals surface area contributed by atoms with Crippen LogP contribution in [-0.4, -0.2) is 9.13 Å². The van der Waals surface area contributed by atoms with Crippen molar-refractivity contribution in [3.8, 4) is 50.8 Å². The molecule has 0 aliphatic heterocycles. The SMILES string of the molecule is Cc1ccc(-c2ccc3c(c2)c2ccccc2n3-c2ccc(-c3cccc(C#N)c3)c(-n3c4ccccc4c4cc(-c5ccccc5)ccc43)c2C)cc1. The molecule has 0 saturated carbocycles. The minimum atomic E-state index is 0.640. The Labute approximate surface area is 314 Å². The van der Waals surface area contributed by atoms with Gasteiger partial charge in [0.25, 0.3) is 0 Å². The topological polar surface area (TPSA) is 33.6 Å². The van der Waals surface area contributed by atoms with Crippen LogP contribution in [-0.2, 0) is 0 Å². The third kappa shape index (κ3) is 4.96. The van der Waals surface area contributed by atoms with Gasteiger partial charge in [0.2, 0.25) is 0 Å². The van der Waals surface area contributed by atoms with Gasteiger partial charge in [-0.15, -0.1) is 0 Å². The van der Waals surface area contributed by atoms with Gasteiger partial charge in [-0.25, -0.2) is 0 Å². The van der Waals surface area contributed by atoms with Crippen LogP contribution in [0.1, 0.15) is 16.7 Å². The summed E-state index contributed by atoms with van der Waals surface area (Å²) in [5, 5.41) is 14.8. The lowest BCUT2D eigenvalue weighted by atomic mass is 9.97. The molecule has 0 saturated heterocycles. The summed E-state index contributed by atoms with van der Waals surface area (Å²) >= 11 is 0. The van der Waals surface area contributed by atoms with Gasteiger partial charge in [-0.1, -0.05) is 127 Å². The second-order valence-electron chi connectivity index (χ2n) is 14.2. The zero-order valence-electron chi connectivity index (χ0n) is 30.1. The number of benzene rings is 8. The molecular formula is C51H35N3. The van der Waals surface area contributed by atoms with E-state index in [0.29, 0.717) is 5.56 Å². The monoisotopic (exact) mass is 689 g/mol. The number of aryl methyl sites for hydroxylation is 1. The molecule has 0 amide bonds.